The maximum absolute atomic E-state index is 14.2. The van der Waals surface area contributed by atoms with Crippen molar-refractivity contribution >= 4 is 23.7 Å². The number of likely N-dealkylation sites (tertiary alicyclic amines) is 1. The number of piperazine rings is 1. The second-order valence-electron chi connectivity index (χ2n) is 14.2. The highest BCUT2D eigenvalue weighted by Gasteiger charge is 2.35. The number of para-hydroxylation sites is 1. The van der Waals surface area contributed by atoms with Gasteiger partial charge in [-0.2, -0.15) is 0 Å². The molecule has 4 aliphatic heterocycles. The molecule has 0 aliphatic carbocycles. The lowest BCUT2D eigenvalue weighted by molar-refractivity contribution is -0.140. The number of hydrogen-bond donors (Lipinski definition) is 2. The Morgan fingerprint density at radius 2 is 1.50 bits per heavy atom. The van der Waals surface area contributed by atoms with Crippen LogP contribution >= 0.6 is 0 Å². The molecule has 2 N–H and O–H groups in total. The summed E-state index contributed by atoms with van der Waals surface area (Å²) in [4.78, 5) is 46.8. The molecule has 2 aromatic rings. The van der Waals surface area contributed by atoms with Crippen molar-refractivity contribution in [2.45, 2.75) is 84.2 Å². The van der Waals surface area contributed by atoms with E-state index in [-0.39, 0.29) is 24.0 Å². The highest BCUT2D eigenvalue weighted by atomic mass is 16.2. The fraction of sp³-hybridized carbons (Fsp3) is 0.605. The topological polar surface area (TPSA) is 91.5 Å². The van der Waals surface area contributed by atoms with Gasteiger partial charge >= 0.3 is 12.1 Å². The lowest BCUT2D eigenvalue weighted by Crippen LogP contribution is -2.60. The number of nitrogens with one attached hydrogen (secondary N) is 2. The molecule has 0 saturated carbocycles. The van der Waals surface area contributed by atoms with E-state index < -0.39 is 6.04 Å². The van der Waals surface area contributed by atoms with Crippen LogP contribution in [0.3, 0.4) is 0 Å². The van der Waals surface area contributed by atoms with Crippen molar-refractivity contribution in [2.75, 3.05) is 64.2 Å². The van der Waals surface area contributed by atoms with Crippen molar-refractivity contribution < 1.29 is 14.4 Å². The van der Waals surface area contributed by atoms with Crippen LogP contribution in [0.4, 0.5) is 15.3 Å². The molecule has 0 radical (unpaired) electrons. The van der Waals surface area contributed by atoms with Crippen molar-refractivity contribution in [3.63, 3.8) is 0 Å². The lowest BCUT2D eigenvalue weighted by Gasteiger charge is -2.44. The summed E-state index contributed by atoms with van der Waals surface area (Å²) in [5.41, 5.74) is 5.76. The first-order chi connectivity index (χ1) is 23.3. The zero-order valence-electron chi connectivity index (χ0n) is 29.3. The molecular weight excluding hydrogens is 602 g/mol. The Kier molecular flexibility index (Phi) is 11.2. The molecular formula is C38H55N7O3. The van der Waals surface area contributed by atoms with Gasteiger partial charge in [0.25, 0.3) is 0 Å². The predicted octanol–water partition coefficient (Wildman–Crippen LogP) is 4.78. The number of piperidine rings is 2. The molecule has 0 aromatic heterocycles. The van der Waals surface area contributed by atoms with Gasteiger partial charge in [0.1, 0.15) is 6.04 Å². The molecule has 2 aromatic carbocycles. The molecule has 260 valence electrons. The smallest absolute Gasteiger partial charge is 0.322 e. The minimum absolute atomic E-state index is 0.00331. The zero-order valence-corrected chi connectivity index (χ0v) is 29.3. The second-order valence-corrected chi connectivity index (χ2v) is 14.2. The van der Waals surface area contributed by atoms with Crippen LogP contribution in [0.15, 0.2) is 42.5 Å². The van der Waals surface area contributed by atoms with Crippen molar-refractivity contribution in [1.82, 2.24) is 30.0 Å². The third-order valence-electron chi connectivity index (χ3n) is 11.1. The van der Waals surface area contributed by atoms with Crippen LogP contribution in [0.1, 0.15) is 68.7 Å². The Morgan fingerprint density at radius 3 is 2.21 bits per heavy atom. The Bertz CT molecular complexity index is 1430. The summed E-state index contributed by atoms with van der Waals surface area (Å²) in [6.07, 6.45) is 7.07. The SMILES string of the molecule is CCc1ccc(C[C@@H](NC(=O)N2CCC(N3CCc4ccccc4NC3=O)CC2)C(=O)N2CCN(N3CCC(C)CC3)CC2)cc1CC. The summed E-state index contributed by atoms with van der Waals surface area (Å²) in [7, 11) is 0. The third-order valence-corrected chi connectivity index (χ3v) is 11.1. The van der Waals surface area contributed by atoms with Crippen LogP contribution < -0.4 is 10.6 Å². The Balaban J connectivity index is 1.09. The van der Waals surface area contributed by atoms with E-state index in [9.17, 15) is 14.4 Å². The number of fused-ring (bicyclic) bond motifs is 1. The number of anilines is 1. The van der Waals surface area contributed by atoms with E-state index in [0.717, 1.165) is 68.2 Å². The zero-order chi connectivity index (χ0) is 33.6. The van der Waals surface area contributed by atoms with Crippen molar-refractivity contribution in [3.05, 3.63) is 64.7 Å². The summed E-state index contributed by atoms with van der Waals surface area (Å²) in [6.45, 7) is 13.6. The maximum atomic E-state index is 14.2. The van der Waals surface area contributed by atoms with E-state index in [1.165, 1.54) is 24.0 Å². The van der Waals surface area contributed by atoms with E-state index in [2.05, 4.69) is 65.7 Å². The number of carbonyl (C=O) groups excluding carboxylic acids is 3. The van der Waals surface area contributed by atoms with Crippen LogP contribution in [0.2, 0.25) is 0 Å². The van der Waals surface area contributed by atoms with Gasteiger partial charge in [-0.15, -0.1) is 0 Å². The van der Waals surface area contributed by atoms with Gasteiger partial charge < -0.3 is 25.3 Å². The molecule has 4 aliphatic rings. The molecule has 48 heavy (non-hydrogen) atoms. The Hall–Kier alpha value is -3.63. The molecule has 3 saturated heterocycles. The van der Waals surface area contributed by atoms with Gasteiger partial charge in [-0.05, 0) is 79.2 Å². The largest absolute Gasteiger partial charge is 0.338 e. The molecule has 0 unspecified atom stereocenters. The standard InChI is InChI=1S/C38H55N7O3/c1-4-30-11-10-29(26-31(30)5-2)27-35(36(46)41-22-24-44(25-23-41)43-19-12-28(3)13-20-43)40-37(47)42-17-15-33(16-18-42)45-21-14-32-8-6-7-9-34(32)39-38(45)48/h6-11,26,28,33,35H,4-5,12-25,27H2,1-3H3,(H,39,48)(H,40,47)/t35-/m1/s1. The van der Waals surface area contributed by atoms with Gasteiger partial charge in [0.05, 0.1) is 0 Å². The summed E-state index contributed by atoms with van der Waals surface area (Å²) in [6, 6.07) is 13.7. The minimum Gasteiger partial charge on any atom is -0.338 e. The summed E-state index contributed by atoms with van der Waals surface area (Å²) in [5, 5.41) is 11.2. The first kappa shape index (κ1) is 34.2. The van der Waals surface area contributed by atoms with Crippen molar-refractivity contribution in [2.24, 2.45) is 5.92 Å². The molecule has 4 heterocycles. The molecule has 1 atom stereocenters. The third kappa shape index (κ3) is 7.97. The van der Waals surface area contributed by atoms with Crippen molar-refractivity contribution in [1.29, 1.82) is 0 Å². The molecule has 0 bridgehead atoms. The number of nitrogens with zero attached hydrogens (tertiary/aromatic N) is 5. The fourth-order valence-corrected chi connectivity index (χ4v) is 7.97. The highest BCUT2D eigenvalue weighted by Crippen LogP contribution is 2.25. The number of urea groups is 2. The average Bonchev–Trinajstić information content (AvgIpc) is 3.29. The van der Waals surface area contributed by atoms with Crippen LogP contribution in [-0.2, 0) is 30.5 Å². The van der Waals surface area contributed by atoms with Crippen LogP contribution in [0.25, 0.3) is 0 Å². The fourth-order valence-electron chi connectivity index (χ4n) is 7.97. The molecule has 10 heteroatoms. The Morgan fingerprint density at radius 1 is 0.812 bits per heavy atom. The maximum Gasteiger partial charge on any atom is 0.322 e. The average molecular weight is 658 g/mol. The van der Waals surface area contributed by atoms with E-state index in [1.54, 1.807) is 0 Å². The number of benzene rings is 2. The number of rotatable bonds is 8. The van der Waals surface area contributed by atoms with Gasteiger partial charge in [-0.1, -0.05) is 57.2 Å². The first-order valence-electron chi connectivity index (χ1n) is 18.4. The van der Waals surface area contributed by atoms with Gasteiger partial charge in [-0.3, -0.25) is 4.79 Å². The number of carbonyl (C=O) groups is 3. The van der Waals surface area contributed by atoms with Crippen molar-refractivity contribution in [3.8, 4) is 0 Å². The quantitative estimate of drug-likeness (QED) is 0.427. The summed E-state index contributed by atoms with van der Waals surface area (Å²) in [5.74, 6) is 0.786. The highest BCUT2D eigenvalue weighted by molar-refractivity contribution is 5.91. The van der Waals surface area contributed by atoms with Gasteiger partial charge in [-0.25, -0.2) is 19.6 Å². The second kappa shape index (κ2) is 15.7. The number of hydrogen-bond acceptors (Lipinski definition) is 5. The monoisotopic (exact) mass is 657 g/mol. The van der Waals surface area contributed by atoms with Crippen LogP contribution in [0, 0.1) is 5.92 Å². The summed E-state index contributed by atoms with van der Waals surface area (Å²) >= 11 is 0. The summed E-state index contributed by atoms with van der Waals surface area (Å²) < 4.78 is 0. The van der Waals surface area contributed by atoms with Gasteiger partial charge in [0.15, 0.2) is 0 Å². The van der Waals surface area contributed by atoms with E-state index in [0.29, 0.717) is 52.0 Å². The molecule has 3 fully saturated rings. The van der Waals surface area contributed by atoms with Gasteiger partial charge in [0, 0.05) is 77.1 Å². The molecule has 5 amide bonds. The van der Waals surface area contributed by atoms with E-state index in [4.69, 9.17) is 0 Å². The predicted molar refractivity (Wildman–Crippen MR) is 190 cm³/mol. The first-order valence-corrected chi connectivity index (χ1v) is 18.4. The minimum atomic E-state index is -0.635. The van der Waals surface area contributed by atoms with Crippen LogP contribution in [-0.4, -0.2) is 114 Å². The lowest BCUT2D eigenvalue weighted by atomic mass is 9.96. The normalized spacial score (nSPS) is 21.0. The molecule has 0 spiro atoms. The van der Waals surface area contributed by atoms with Crippen LogP contribution in [0.5, 0.6) is 0 Å². The Labute approximate surface area is 286 Å². The van der Waals surface area contributed by atoms with E-state index in [1.807, 2.05) is 32.9 Å². The van der Waals surface area contributed by atoms with E-state index >= 15 is 0 Å². The molecule has 10 nitrogen and oxygen atoms in total. The number of hydrazine groups is 1. The molecule has 6 rings (SSSR count). The van der Waals surface area contributed by atoms with Gasteiger partial charge in [0.2, 0.25) is 5.91 Å². The number of aryl methyl sites for hydroxylation is 2. The number of amides is 5.